The van der Waals surface area contributed by atoms with Crippen molar-refractivity contribution in [3.05, 3.63) is 59.4 Å². The summed E-state index contributed by atoms with van der Waals surface area (Å²) >= 11 is 4.90. The summed E-state index contributed by atoms with van der Waals surface area (Å²) in [5.74, 6) is 0.347. The summed E-state index contributed by atoms with van der Waals surface area (Å²) in [6.45, 7) is 0.124. The standard InChI is InChI=1S/C16H17FN2OS/c1-19(2)13-4-3-5-14(9-13)20-10-12-8-11(16(18)21)6-7-15(12)17/h3-9H,10H2,1-2H3,(H2,18,21). The Balaban J connectivity index is 2.14. The van der Waals surface area contributed by atoms with Gasteiger partial charge in [0.2, 0.25) is 0 Å². The molecule has 0 heterocycles. The van der Waals surface area contributed by atoms with Gasteiger partial charge in [-0.3, -0.25) is 0 Å². The van der Waals surface area contributed by atoms with Gasteiger partial charge in [0.15, 0.2) is 0 Å². The van der Waals surface area contributed by atoms with Crippen molar-refractivity contribution < 1.29 is 9.13 Å². The first kappa shape index (κ1) is 15.3. The van der Waals surface area contributed by atoms with Crippen molar-refractivity contribution >= 4 is 22.9 Å². The van der Waals surface area contributed by atoms with Gasteiger partial charge in [0, 0.05) is 37.0 Å². The van der Waals surface area contributed by atoms with E-state index in [-0.39, 0.29) is 17.4 Å². The van der Waals surface area contributed by atoms with Crippen molar-refractivity contribution in [3.8, 4) is 5.75 Å². The van der Waals surface area contributed by atoms with E-state index >= 15 is 0 Å². The molecular formula is C16H17FN2OS. The maximum atomic E-state index is 13.8. The van der Waals surface area contributed by atoms with E-state index in [0.717, 1.165) is 5.69 Å². The van der Waals surface area contributed by atoms with Gasteiger partial charge in [-0.2, -0.15) is 0 Å². The minimum Gasteiger partial charge on any atom is -0.489 e. The maximum absolute atomic E-state index is 13.8. The second-order valence-electron chi connectivity index (χ2n) is 4.85. The molecule has 0 aromatic heterocycles. The smallest absolute Gasteiger partial charge is 0.129 e. The third-order valence-corrected chi connectivity index (χ3v) is 3.29. The average Bonchev–Trinajstić information content (AvgIpc) is 2.46. The molecule has 3 nitrogen and oxygen atoms in total. The van der Waals surface area contributed by atoms with Gasteiger partial charge in [0.1, 0.15) is 23.2 Å². The van der Waals surface area contributed by atoms with Crippen molar-refractivity contribution in [1.82, 2.24) is 0 Å². The molecule has 0 bridgehead atoms. The molecular weight excluding hydrogens is 287 g/mol. The molecule has 21 heavy (non-hydrogen) atoms. The van der Waals surface area contributed by atoms with Gasteiger partial charge in [-0.15, -0.1) is 0 Å². The molecule has 110 valence electrons. The number of halogens is 1. The monoisotopic (exact) mass is 304 g/mol. The molecule has 0 aliphatic carbocycles. The molecule has 0 spiro atoms. The Bertz CT molecular complexity index is 658. The van der Waals surface area contributed by atoms with Crippen LogP contribution in [0.25, 0.3) is 0 Å². The lowest BCUT2D eigenvalue weighted by molar-refractivity contribution is 0.300. The van der Waals surface area contributed by atoms with Crippen LogP contribution >= 0.6 is 12.2 Å². The summed E-state index contributed by atoms with van der Waals surface area (Å²) in [6.07, 6.45) is 0. The van der Waals surface area contributed by atoms with Gasteiger partial charge in [0.05, 0.1) is 0 Å². The second kappa shape index (κ2) is 6.54. The normalized spacial score (nSPS) is 10.2. The molecule has 0 saturated carbocycles. The lowest BCUT2D eigenvalue weighted by atomic mass is 10.1. The number of hydrogen-bond acceptors (Lipinski definition) is 3. The molecule has 2 aromatic rings. The van der Waals surface area contributed by atoms with Crippen LogP contribution in [0.15, 0.2) is 42.5 Å². The van der Waals surface area contributed by atoms with Crippen molar-refractivity contribution in [2.24, 2.45) is 5.73 Å². The fourth-order valence-corrected chi connectivity index (χ4v) is 1.98. The lowest BCUT2D eigenvalue weighted by Crippen LogP contribution is -2.11. The summed E-state index contributed by atoms with van der Waals surface area (Å²) < 4.78 is 19.4. The van der Waals surface area contributed by atoms with Gasteiger partial charge < -0.3 is 15.4 Å². The number of anilines is 1. The highest BCUT2D eigenvalue weighted by molar-refractivity contribution is 7.80. The zero-order chi connectivity index (χ0) is 15.4. The van der Waals surface area contributed by atoms with Crippen LogP contribution in [-0.2, 0) is 6.61 Å². The quantitative estimate of drug-likeness (QED) is 0.862. The predicted octanol–water partition coefficient (Wildman–Crippen LogP) is 3.10. The SMILES string of the molecule is CN(C)c1cccc(OCc2cc(C(N)=S)ccc2F)c1. The van der Waals surface area contributed by atoms with E-state index in [0.29, 0.717) is 16.9 Å². The molecule has 0 radical (unpaired) electrons. The van der Waals surface area contributed by atoms with E-state index in [1.54, 1.807) is 12.1 Å². The first-order chi connectivity index (χ1) is 9.97. The number of ether oxygens (including phenoxy) is 1. The Morgan fingerprint density at radius 2 is 2.00 bits per heavy atom. The van der Waals surface area contributed by atoms with Crippen LogP contribution < -0.4 is 15.4 Å². The molecule has 0 fully saturated rings. The Hall–Kier alpha value is -2.14. The minimum atomic E-state index is -0.334. The Morgan fingerprint density at radius 3 is 2.67 bits per heavy atom. The number of thiocarbonyl (C=S) groups is 1. The van der Waals surface area contributed by atoms with E-state index in [1.165, 1.54) is 6.07 Å². The van der Waals surface area contributed by atoms with Gasteiger partial charge in [-0.05, 0) is 30.3 Å². The number of rotatable bonds is 5. The molecule has 0 atom stereocenters. The van der Waals surface area contributed by atoms with E-state index in [4.69, 9.17) is 22.7 Å². The molecule has 0 aliphatic rings. The van der Waals surface area contributed by atoms with Crippen LogP contribution in [0.2, 0.25) is 0 Å². The zero-order valence-electron chi connectivity index (χ0n) is 12.0. The summed E-state index contributed by atoms with van der Waals surface area (Å²) in [6, 6.07) is 12.1. The summed E-state index contributed by atoms with van der Waals surface area (Å²) in [5.41, 5.74) is 7.63. The topological polar surface area (TPSA) is 38.5 Å². The number of nitrogens with zero attached hydrogens (tertiary/aromatic N) is 1. The number of nitrogens with two attached hydrogens (primary N) is 1. The number of benzene rings is 2. The molecule has 0 saturated heterocycles. The van der Waals surface area contributed by atoms with Gasteiger partial charge in [-0.25, -0.2) is 4.39 Å². The van der Waals surface area contributed by atoms with Crippen molar-refractivity contribution in [2.75, 3.05) is 19.0 Å². The van der Waals surface area contributed by atoms with Crippen LogP contribution in [0.4, 0.5) is 10.1 Å². The lowest BCUT2D eigenvalue weighted by Gasteiger charge is -2.14. The van der Waals surface area contributed by atoms with E-state index in [2.05, 4.69) is 0 Å². The predicted molar refractivity (Wildman–Crippen MR) is 87.4 cm³/mol. The first-order valence-electron chi connectivity index (χ1n) is 6.46. The molecule has 2 rings (SSSR count). The largest absolute Gasteiger partial charge is 0.489 e. The molecule has 0 aliphatic heterocycles. The first-order valence-corrected chi connectivity index (χ1v) is 6.86. The molecule has 0 amide bonds. The van der Waals surface area contributed by atoms with Crippen LogP contribution in [0.3, 0.4) is 0 Å². The molecule has 0 unspecified atom stereocenters. The fourth-order valence-electron chi connectivity index (χ4n) is 1.85. The third kappa shape index (κ3) is 3.92. The molecule has 2 aromatic carbocycles. The summed E-state index contributed by atoms with van der Waals surface area (Å²) in [5, 5.41) is 0. The minimum absolute atomic E-state index is 0.124. The van der Waals surface area contributed by atoms with E-state index < -0.39 is 0 Å². The fraction of sp³-hybridized carbons (Fsp3) is 0.188. The Kier molecular flexibility index (Phi) is 4.75. The highest BCUT2D eigenvalue weighted by Crippen LogP contribution is 2.21. The summed E-state index contributed by atoms with van der Waals surface area (Å²) in [7, 11) is 3.90. The highest BCUT2D eigenvalue weighted by atomic mass is 32.1. The summed E-state index contributed by atoms with van der Waals surface area (Å²) in [4.78, 5) is 2.21. The van der Waals surface area contributed by atoms with Gasteiger partial charge in [-0.1, -0.05) is 18.3 Å². The van der Waals surface area contributed by atoms with Crippen molar-refractivity contribution in [1.29, 1.82) is 0 Å². The van der Waals surface area contributed by atoms with Crippen molar-refractivity contribution in [3.63, 3.8) is 0 Å². The molecule has 2 N–H and O–H groups in total. The number of hydrogen-bond donors (Lipinski definition) is 1. The Labute approximate surface area is 129 Å². The average molecular weight is 304 g/mol. The van der Waals surface area contributed by atoms with Gasteiger partial charge in [0.25, 0.3) is 0 Å². The highest BCUT2D eigenvalue weighted by Gasteiger charge is 2.07. The third-order valence-electron chi connectivity index (χ3n) is 3.06. The van der Waals surface area contributed by atoms with Crippen LogP contribution in [0.5, 0.6) is 5.75 Å². The van der Waals surface area contributed by atoms with E-state index in [1.807, 2.05) is 43.3 Å². The Morgan fingerprint density at radius 1 is 1.24 bits per heavy atom. The second-order valence-corrected chi connectivity index (χ2v) is 5.29. The van der Waals surface area contributed by atoms with Gasteiger partial charge >= 0.3 is 0 Å². The van der Waals surface area contributed by atoms with Crippen LogP contribution in [-0.4, -0.2) is 19.1 Å². The van der Waals surface area contributed by atoms with Crippen LogP contribution in [0, 0.1) is 5.82 Å². The van der Waals surface area contributed by atoms with Crippen LogP contribution in [0.1, 0.15) is 11.1 Å². The zero-order valence-corrected chi connectivity index (χ0v) is 12.8. The van der Waals surface area contributed by atoms with E-state index in [9.17, 15) is 4.39 Å². The molecule has 5 heteroatoms. The van der Waals surface area contributed by atoms with Crippen molar-refractivity contribution in [2.45, 2.75) is 6.61 Å². The maximum Gasteiger partial charge on any atom is 0.129 e.